The first kappa shape index (κ1) is 19.0. The number of rotatable bonds is 2. The lowest BCUT2D eigenvalue weighted by atomic mass is 10.0. The number of ether oxygens (including phenoxy) is 1. The first-order valence-electron chi connectivity index (χ1n) is 9.15. The molecule has 5 heteroatoms. The van der Waals surface area contributed by atoms with Crippen molar-refractivity contribution in [2.75, 3.05) is 6.61 Å². The van der Waals surface area contributed by atoms with Crippen molar-refractivity contribution in [1.82, 2.24) is 10.4 Å². The van der Waals surface area contributed by atoms with Crippen LogP contribution in [-0.2, 0) is 6.42 Å². The van der Waals surface area contributed by atoms with Gasteiger partial charge in [-0.05, 0) is 58.9 Å². The molecule has 0 bridgehead atoms. The molecule has 3 rings (SSSR count). The van der Waals surface area contributed by atoms with Crippen LogP contribution in [0.25, 0.3) is 0 Å². The predicted molar refractivity (Wildman–Crippen MR) is 105 cm³/mol. The largest absolute Gasteiger partial charge is 0.493 e. The standard InChI is InChI=1S/C22H26N2O3/c1-14-11-15(2)13-16(12-14)21(26)24(22(3,4)5)23-20(25)18-7-6-8-19-17(18)9-10-27-19/h6-8,11-13H,9-10H2,1-5H3,(H,23,25). The molecule has 0 saturated carbocycles. The zero-order chi connectivity index (χ0) is 19.8. The lowest BCUT2D eigenvalue weighted by Crippen LogP contribution is -2.56. The average molecular weight is 366 g/mol. The minimum atomic E-state index is -0.584. The van der Waals surface area contributed by atoms with E-state index in [0.29, 0.717) is 24.2 Å². The Morgan fingerprint density at radius 2 is 1.74 bits per heavy atom. The normalized spacial score (nSPS) is 12.9. The monoisotopic (exact) mass is 366 g/mol. The van der Waals surface area contributed by atoms with Crippen LogP contribution >= 0.6 is 0 Å². The fourth-order valence-electron chi connectivity index (χ4n) is 3.35. The van der Waals surface area contributed by atoms with Crippen LogP contribution in [0.4, 0.5) is 0 Å². The zero-order valence-electron chi connectivity index (χ0n) is 16.6. The molecular weight excluding hydrogens is 340 g/mol. The number of amides is 2. The number of hydrogen-bond acceptors (Lipinski definition) is 3. The van der Waals surface area contributed by atoms with Crippen molar-refractivity contribution in [3.8, 4) is 5.75 Å². The van der Waals surface area contributed by atoms with Crippen molar-refractivity contribution in [2.24, 2.45) is 0 Å². The molecule has 1 aliphatic rings. The molecule has 0 fully saturated rings. The second kappa shape index (κ2) is 7.06. The third-order valence-corrected chi connectivity index (χ3v) is 4.54. The summed E-state index contributed by atoms with van der Waals surface area (Å²) in [5.41, 5.74) is 6.27. The highest BCUT2D eigenvalue weighted by atomic mass is 16.5. The molecule has 1 aliphatic heterocycles. The van der Waals surface area contributed by atoms with Crippen molar-refractivity contribution in [3.63, 3.8) is 0 Å². The van der Waals surface area contributed by atoms with E-state index in [1.54, 1.807) is 12.1 Å². The Morgan fingerprint density at radius 3 is 2.37 bits per heavy atom. The van der Waals surface area contributed by atoms with E-state index in [4.69, 9.17) is 4.74 Å². The van der Waals surface area contributed by atoms with Gasteiger partial charge < -0.3 is 4.74 Å². The molecule has 142 valence electrons. The number of hydrazine groups is 1. The van der Waals surface area contributed by atoms with Crippen LogP contribution in [0.2, 0.25) is 0 Å². The van der Waals surface area contributed by atoms with Crippen molar-refractivity contribution in [1.29, 1.82) is 0 Å². The van der Waals surface area contributed by atoms with E-state index in [-0.39, 0.29) is 11.8 Å². The first-order valence-corrected chi connectivity index (χ1v) is 9.15. The first-order chi connectivity index (χ1) is 12.7. The predicted octanol–water partition coefficient (Wildman–Crippen LogP) is 3.82. The van der Waals surface area contributed by atoms with Gasteiger partial charge in [0.25, 0.3) is 11.8 Å². The molecule has 0 aliphatic carbocycles. The molecule has 27 heavy (non-hydrogen) atoms. The van der Waals surface area contributed by atoms with Crippen LogP contribution in [0, 0.1) is 13.8 Å². The van der Waals surface area contributed by atoms with Gasteiger partial charge in [-0.15, -0.1) is 0 Å². The number of hydrogen-bond donors (Lipinski definition) is 1. The van der Waals surface area contributed by atoms with Gasteiger partial charge in [-0.1, -0.05) is 23.3 Å². The molecule has 5 nitrogen and oxygen atoms in total. The van der Waals surface area contributed by atoms with E-state index in [1.807, 2.05) is 58.9 Å². The van der Waals surface area contributed by atoms with E-state index >= 15 is 0 Å². The maximum absolute atomic E-state index is 13.2. The molecule has 1 heterocycles. The van der Waals surface area contributed by atoms with Crippen molar-refractivity contribution < 1.29 is 14.3 Å². The van der Waals surface area contributed by atoms with Gasteiger partial charge in [-0.3, -0.25) is 15.0 Å². The van der Waals surface area contributed by atoms with Crippen molar-refractivity contribution in [2.45, 2.75) is 46.6 Å². The van der Waals surface area contributed by atoms with E-state index in [2.05, 4.69) is 5.43 Å². The highest BCUT2D eigenvalue weighted by Gasteiger charge is 2.31. The molecule has 2 aromatic carbocycles. The number of carbonyl (C=O) groups is 2. The third kappa shape index (κ3) is 3.97. The highest BCUT2D eigenvalue weighted by molar-refractivity contribution is 6.00. The van der Waals surface area contributed by atoms with Gasteiger partial charge in [0.05, 0.1) is 12.1 Å². The number of aryl methyl sites for hydroxylation is 2. The summed E-state index contributed by atoms with van der Waals surface area (Å²) in [7, 11) is 0. The van der Waals surface area contributed by atoms with Gasteiger partial charge in [0.2, 0.25) is 0 Å². The lowest BCUT2D eigenvalue weighted by molar-refractivity contribution is 0.0358. The quantitative estimate of drug-likeness (QED) is 0.822. The zero-order valence-corrected chi connectivity index (χ0v) is 16.6. The van der Waals surface area contributed by atoms with Crippen LogP contribution in [-0.4, -0.2) is 29.0 Å². The van der Waals surface area contributed by atoms with Crippen LogP contribution in [0.15, 0.2) is 36.4 Å². The lowest BCUT2D eigenvalue weighted by Gasteiger charge is -2.35. The van der Waals surface area contributed by atoms with E-state index in [0.717, 1.165) is 22.4 Å². The Morgan fingerprint density at radius 1 is 1.07 bits per heavy atom. The van der Waals surface area contributed by atoms with Gasteiger partial charge in [0, 0.05) is 23.1 Å². The molecule has 0 saturated heterocycles. The smallest absolute Gasteiger partial charge is 0.272 e. The van der Waals surface area contributed by atoms with Gasteiger partial charge in [0.1, 0.15) is 5.75 Å². The summed E-state index contributed by atoms with van der Waals surface area (Å²) < 4.78 is 5.54. The van der Waals surface area contributed by atoms with Gasteiger partial charge in [-0.2, -0.15) is 0 Å². The van der Waals surface area contributed by atoms with Crippen LogP contribution in [0.5, 0.6) is 5.75 Å². The third-order valence-electron chi connectivity index (χ3n) is 4.54. The van der Waals surface area contributed by atoms with Crippen molar-refractivity contribution in [3.05, 3.63) is 64.2 Å². The summed E-state index contributed by atoms with van der Waals surface area (Å²) in [5, 5.41) is 1.42. The van der Waals surface area contributed by atoms with Gasteiger partial charge >= 0.3 is 0 Å². The minimum Gasteiger partial charge on any atom is -0.493 e. The molecule has 2 aromatic rings. The number of benzene rings is 2. The Bertz CT molecular complexity index is 877. The van der Waals surface area contributed by atoms with Crippen LogP contribution < -0.4 is 10.2 Å². The van der Waals surface area contributed by atoms with Crippen LogP contribution in [0.1, 0.15) is 58.2 Å². The molecule has 1 N–H and O–H groups in total. The van der Waals surface area contributed by atoms with Crippen molar-refractivity contribution >= 4 is 11.8 Å². The molecule has 0 atom stereocenters. The molecular formula is C22H26N2O3. The molecule has 2 amide bonds. The summed E-state index contributed by atoms with van der Waals surface area (Å²) in [4.78, 5) is 26.2. The van der Waals surface area contributed by atoms with E-state index < -0.39 is 5.54 Å². The fourth-order valence-corrected chi connectivity index (χ4v) is 3.35. The number of carbonyl (C=O) groups excluding carboxylic acids is 2. The summed E-state index contributed by atoms with van der Waals surface area (Å²) in [6.45, 7) is 10.2. The molecule has 0 aromatic heterocycles. The van der Waals surface area contributed by atoms with E-state index in [9.17, 15) is 9.59 Å². The summed E-state index contributed by atoms with van der Waals surface area (Å²) in [6, 6.07) is 11.1. The number of nitrogens with one attached hydrogen (secondary N) is 1. The maximum atomic E-state index is 13.2. The molecule has 0 spiro atoms. The number of fused-ring (bicyclic) bond motifs is 1. The average Bonchev–Trinajstić information content (AvgIpc) is 3.05. The summed E-state index contributed by atoms with van der Waals surface area (Å²) in [6.07, 6.45) is 0.694. The molecule has 0 radical (unpaired) electrons. The minimum absolute atomic E-state index is 0.230. The van der Waals surface area contributed by atoms with Crippen LogP contribution in [0.3, 0.4) is 0 Å². The fraction of sp³-hybridized carbons (Fsp3) is 0.364. The summed E-state index contributed by atoms with van der Waals surface area (Å²) >= 11 is 0. The maximum Gasteiger partial charge on any atom is 0.272 e. The van der Waals surface area contributed by atoms with Gasteiger partial charge in [-0.25, -0.2) is 5.01 Å². The topological polar surface area (TPSA) is 58.6 Å². The Balaban J connectivity index is 1.91. The van der Waals surface area contributed by atoms with Gasteiger partial charge in [0.15, 0.2) is 0 Å². The molecule has 0 unspecified atom stereocenters. The number of nitrogens with zero attached hydrogens (tertiary/aromatic N) is 1. The second-order valence-corrected chi connectivity index (χ2v) is 8.01. The SMILES string of the molecule is Cc1cc(C)cc(C(=O)N(NC(=O)c2cccc3c2CCO3)C(C)(C)C)c1. The van der Waals surface area contributed by atoms with E-state index in [1.165, 1.54) is 5.01 Å². The second-order valence-electron chi connectivity index (χ2n) is 8.01. The Kier molecular flexibility index (Phi) is 4.96. The highest BCUT2D eigenvalue weighted by Crippen LogP contribution is 2.28. The summed E-state index contributed by atoms with van der Waals surface area (Å²) in [5.74, 6) is 0.210. The Labute approximate surface area is 160 Å². The Hall–Kier alpha value is -2.82.